The molecule has 0 bridgehead atoms. The Labute approximate surface area is 154 Å². The van der Waals surface area contributed by atoms with E-state index in [-0.39, 0.29) is 11.8 Å². The van der Waals surface area contributed by atoms with E-state index in [1.807, 2.05) is 63.2 Å². The first kappa shape index (κ1) is 19.5. The van der Waals surface area contributed by atoms with Gasteiger partial charge in [-0.1, -0.05) is 18.2 Å². The van der Waals surface area contributed by atoms with Crippen molar-refractivity contribution in [1.82, 2.24) is 10.6 Å². The molecule has 0 saturated carbocycles. The molecule has 5 nitrogen and oxygen atoms in total. The maximum Gasteiger partial charge on any atom is 0.251 e. The Kier molecular flexibility index (Phi) is 7.21. The number of hydrogen-bond donors (Lipinski definition) is 2. The third-order valence-corrected chi connectivity index (χ3v) is 4.10. The van der Waals surface area contributed by atoms with E-state index in [4.69, 9.17) is 4.74 Å². The molecule has 0 atom stereocenters. The van der Waals surface area contributed by atoms with E-state index >= 15 is 0 Å². The minimum Gasteiger partial charge on any atom is -0.494 e. The third kappa shape index (κ3) is 5.92. The van der Waals surface area contributed by atoms with Crippen LogP contribution in [-0.2, 0) is 11.2 Å². The second-order valence-corrected chi connectivity index (χ2v) is 6.16. The van der Waals surface area contributed by atoms with Gasteiger partial charge in [-0.05, 0) is 61.7 Å². The molecule has 0 radical (unpaired) electrons. The predicted molar refractivity (Wildman–Crippen MR) is 103 cm³/mol. The molecular formula is C21H26N2O3. The summed E-state index contributed by atoms with van der Waals surface area (Å²) in [5, 5.41) is 5.63. The summed E-state index contributed by atoms with van der Waals surface area (Å²) < 4.78 is 5.38. The number of benzene rings is 2. The second-order valence-electron chi connectivity index (χ2n) is 6.16. The second kappa shape index (κ2) is 9.61. The highest BCUT2D eigenvalue weighted by molar-refractivity contribution is 5.94. The van der Waals surface area contributed by atoms with Crippen molar-refractivity contribution in [2.24, 2.45) is 0 Å². The van der Waals surface area contributed by atoms with E-state index in [0.717, 1.165) is 22.4 Å². The maximum absolute atomic E-state index is 12.1. The molecule has 0 heterocycles. The van der Waals surface area contributed by atoms with Crippen molar-refractivity contribution in [2.75, 3.05) is 19.7 Å². The molecular weight excluding hydrogens is 328 g/mol. The van der Waals surface area contributed by atoms with E-state index in [0.29, 0.717) is 31.7 Å². The molecule has 0 spiro atoms. The van der Waals surface area contributed by atoms with Crippen molar-refractivity contribution in [3.8, 4) is 5.75 Å². The van der Waals surface area contributed by atoms with E-state index in [2.05, 4.69) is 10.6 Å². The largest absolute Gasteiger partial charge is 0.494 e. The molecule has 2 rings (SSSR count). The van der Waals surface area contributed by atoms with Gasteiger partial charge in [0.1, 0.15) is 5.75 Å². The number of carbonyl (C=O) groups excluding carboxylic acids is 2. The first-order chi connectivity index (χ1) is 12.5. The van der Waals surface area contributed by atoms with Crippen LogP contribution in [0.1, 0.15) is 34.0 Å². The summed E-state index contributed by atoms with van der Waals surface area (Å²) in [5.41, 5.74) is 3.79. The molecule has 0 aromatic heterocycles. The van der Waals surface area contributed by atoms with Crippen molar-refractivity contribution in [3.63, 3.8) is 0 Å². The molecule has 138 valence electrons. The molecule has 0 aliphatic heterocycles. The summed E-state index contributed by atoms with van der Waals surface area (Å²) >= 11 is 0. The number of amides is 2. The Hall–Kier alpha value is -2.82. The normalized spacial score (nSPS) is 10.3. The van der Waals surface area contributed by atoms with Crippen LogP contribution >= 0.6 is 0 Å². The van der Waals surface area contributed by atoms with Gasteiger partial charge in [-0.2, -0.15) is 0 Å². The van der Waals surface area contributed by atoms with Gasteiger partial charge in [-0.3, -0.25) is 9.59 Å². The van der Waals surface area contributed by atoms with Gasteiger partial charge in [0.05, 0.1) is 13.0 Å². The maximum atomic E-state index is 12.1. The predicted octanol–water partition coefficient (Wildman–Crippen LogP) is 2.79. The van der Waals surface area contributed by atoms with Gasteiger partial charge in [0.25, 0.3) is 5.91 Å². The van der Waals surface area contributed by atoms with Crippen LogP contribution in [0, 0.1) is 13.8 Å². The monoisotopic (exact) mass is 354 g/mol. The number of hydrogen-bond acceptors (Lipinski definition) is 3. The van der Waals surface area contributed by atoms with Gasteiger partial charge < -0.3 is 15.4 Å². The van der Waals surface area contributed by atoms with E-state index in [1.54, 1.807) is 0 Å². The number of aryl methyl sites for hydroxylation is 2. The van der Waals surface area contributed by atoms with Crippen LogP contribution in [0.15, 0.2) is 42.5 Å². The molecule has 0 aliphatic carbocycles. The summed E-state index contributed by atoms with van der Waals surface area (Å²) in [4.78, 5) is 24.1. The average Bonchev–Trinajstić information content (AvgIpc) is 2.63. The third-order valence-electron chi connectivity index (χ3n) is 4.10. The zero-order chi connectivity index (χ0) is 18.9. The number of nitrogens with one attached hydrogen (secondary N) is 2. The minimum absolute atomic E-state index is 0.0745. The highest BCUT2D eigenvalue weighted by Crippen LogP contribution is 2.12. The molecule has 26 heavy (non-hydrogen) atoms. The SMILES string of the molecule is CCOc1ccc(CC(=O)NCCNC(=O)c2ccc(C)c(C)c2)cc1. The lowest BCUT2D eigenvalue weighted by Gasteiger charge is -2.09. The van der Waals surface area contributed by atoms with Crippen molar-refractivity contribution >= 4 is 11.8 Å². The molecule has 2 aromatic rings. The summed E-state index contributed by atoms with van der Waals surface area (Å²) in [6.45, 7) is 7.32. The van der Waals surface area contributed by atoms with E-state index < -0.39 is 0 Å². The van der Waals surface area contributed by atoms with Gasteiger partial charge in [0.2, 0.25) is 5.91 Å². The summed E-state index contributed by atoms with van der Waals surface area (Å²) in [7, 11) is 0. The lowest BCUT2D eigenvalue weighted by molar-refractivity contribution is -0.120. The van der Waals surface area contributed by atoms with Gasteiger partial charge in [0, 0.05) is 18.7 Å². The molecule has 5 heteroatoms. The van der Waals surface area contributed by atoms with E-state index in [1.165, 1.54) is 0 Å². The van der Waals surface area contributed by atoms with Gasteiger partial charge >= 0.3 is 0 Å². The Morgan fingerprint density at radius 2 is 1.62 bits per heavy atom. The van der Waals surface area contributed by atoms with E-state index in [9.17, 15) is 9.59 Å². The fourth-order valence-electron chi connectivity index (χ4n) is 2.48. The van der Waals surface area contributed by atoms with Crippen LogP contribution in [0.3, 0.4) is 0 Å². The van der Waals surface area contributed by atoms with Gasteiger partial charge in [-0.15, -0.1) is 0 Å². The average molecular weight is 354 g/mol. The molecule has 2 aromatic carbocycles. The summed E-state index contributed by atoms with van der Waals surface area (Å²) in [6, 6.07) is 13.1. The first-order valence-electron chi connectivity index (χ1n) is 8.83. The molecule has 0 unspecified atom stereocenters. The smallest absolute Gasteiger partial charge is 0.251 e. The fraction of sp³-hybridized carbons (Fsp3) is 0.333. The molecule has 0 saturated heterocycles. The Balaban J connectivity index is 1.70. The Bertz CT molecular complexity index is 754. The highest BCUT2D eigenvalue weighted by atomic mass is 16.5. The molecule has 0 fully saturated rings. The van der Waals surface area contributed by atoms with Crippen LogP contribution < -0.4 is 15.4 Å². The van der Waals surface area contributed by atoms with Crippen molar-refractivity contribution in [2.45, 2.75) is 27.2 Å². The number of ether oxygens (including phenoxy) is 1. The van der Waals surface area contributed by atoms with Crippen LogP contribution in [0.25, 0.3) is 0 Å². The highest BCUT2D eigenvalue weighted by Gasteiger charge is 2.07. The van der Waals surface area contributed by atoms with Crippen LogP contribution in [-0.4, -0.2) is 31.5 Å². The number of rotatable bonds is 8. The van der Waals surface area contributed by atoms with Crippen LogP contribution in [0.5, 0.6) is 5.75 Å². The number of carbonyl (C=O) groups is 2. The first-order valence-corrected chi connectivity index (χ1v) is 8.83. The summed E-state index contributed by atoms with van der Waals surface area (Å²) in [6.07, 6.45) is 0.303. The van der Waals surface area contributed by atoms with Crippen LogP contribution in [0.4, 0.5) is 0 Å². The molecule has 0 aliphatic rings. The minimum atomic E-state index is -0.131. The lowest BCUT2D eigenvalue weighted by Crippen LogP contribution is -2.35. The zero-order valence-electron chi connectivity index (χ0n) is 15.6. The standard InChI is InChI=1S/C21H26N2O3/c1-4-26-19-9-6-17(7-10-19)14-20(24)22-11-12-23-21(25)18-8-5-15(2)16(3)13-18/h5-10,13H,4,11-12,14H2,1-3H3,(H,22,24)(H,23,25). The van der Waals surface area contributed by atoms with Crippen LogP contribution in [0.2, 0.25) is 0 Å². The Morgan fingerprint density at radius 3 is 2.27 bits per heavy atom. The molecule has 2 amide bonds. The lowest BCUT2D eigenvalue weighted by atomic mass is 10.1. The zero-order valence-corrected chi connectivity index (χ0v) is 15.6. The summed E-state index contributed by atoms with van der Waals surface area (Å²) in [5.74, 6) is 0.592. The quantitative estimate of drug-likeness (QED) is 0.717. The fourth-order valence-corrected chi connectivity index (χ4v) is 2.48. The Morgan fingerprint density at radius 1 is 0.923 bits per heavy atom. The topological polar surface area (TPSA) is 67.4 Å². The van der Waals surface area contributed by atoms with Gasteiger partial charge in [0.15, 0.2) is 0 Å². The van der Waals surface area contributed by atoms with Crippen molar-refractivity contribution < 1.29 is 14.3 Å². The van der Waals surface area contributed by atoms with Crippen molar-refractivity contribution in [1.29, 1.82) is 0 Å². The van der Waals surface area contributed by atoms with Crippen molar-refractivity contribution in [3.05, 3.63) is 64.7 Å². The molecule has 2 N–H and O–H groups in total. The van der Waals surface area contributed by atoms with Gasteiger partial charge in [-0.25, -0.2) is 0 Å².